The van der Waals surface area contributed by atoms with Gasteiger partial charge in [0.25, 0.3) is 0 Å². The molecule has 1 saturated heterocycles. The number of ether oxygens (including phenoxy) is 4. The van der Waals surface area contributed by atoms with E-state index >= 15 is 0 Å². The second-order valence-corrected chi connectivity index (χ2v) is 22.8. The van der Waals surface area contributed by atoms with Crippen LogP contribution in [0.3, 0.4) is 0 Å². The van der Waals surface area contributed by atoms with E-state index in [0.29, 0.717) is 17.6 Å². The van der Waals surface area contributed by atoms with Crippen LogP contribution in [0.15, 0.2) is 84.5 Å². The number of carbonyl (C=O) groups is 2. The quantitative estimate of drug-likeness (QED) is 0.153. The molecule has 0 aromatic heterocycles. The van der Waals surface area contributed by atoms with Gasteiger partial charge in [-0.3, -0.25) is 0 Å². The zero-order valence-electron chi connectivity index (χ0n) is 33.3. The molecule has 1 spiro atoms. The molecule has 11 atom stereocenters. The molecule has 4 aliphatic rings. The third-order valence-corrected chi connectivity index (χ3v) is 17.6. The summed E-state index contributed by atoms with van der Waals surface area (Å²) >= 11 is 0. The Morgan fingerprint density at radius 2 is 1.50 bits per heavy atom. The SMILES string of the molecule is C=C(C)[C@]1(O)[C@H](O)[C@@H](C)[C@@]2(O)[C@@H](C=C(COC(=O)c3ccccc3)[C@H]3OC(C)(C)O[C@]34[C@@H](O[Si](C)(C)C(C)(C)C)[C@@H](C)C[C@@H]24)[C@H]1OC(=O)c1ccccc1. The summed E-state index contributed by atoms with van der Waals surface area (Å²) < 4.78 is 33.6. The van der Waals surface area contributed by atoms with Crippen LogP contribution in [-0.2, 0) is 23.4 Å². The van der Waals surface area contributed by atoms with Crippen molar-refractivity contribution in [2.24, 2.45) is 23.7 Å². The maximum Gasteiger partial charge on any atom is 0.338 e. The molecule has 2 aromatic rings. The first kappa shape index (κ1) is 40.5. The molecule has 1 aliphatic heterocycles. The fraction of sp³-hybridized carbons (Fsp3) is 0.581. The van der Waals surface area contributed by atoms with Crippen LogP contribution in [0.4, 0.5) is 0 Å². The molecule has 0 unspecified atom stereocenters. The molecular weight excluding hydrogens is 705 g/mol. The van der Waals surface area contributed by atoms with Crippen molar-refractivity contribution in [2.75, 3.05) is 6.61 Å². The fourth-order valence-electron chi connectivity index (χ4n) is 9.34. The lowest BCUT2D eigenvalue weighted by Gasteiger charge is -2.59. The number of fused-ring (bicyclic) bond motifs is 2. The van der Waals surface area contributed by atoms with E-state index in [-0.39, 0.29) is 28.7 Å². The van der Waals surface area contributed by atoms with Gasteiger partial charge in [-0.15, -0.1) is 0 Å². The monoisotopic (exact) mass is 762 g/mol. The van der Waals surface area contributed by atoms with Gasteiger partial charge in [0.15, 0.2) is 14.1 Å². The Morgan fingerprint density at radius 3 is 2.04 bits per heavy atom. The second kappa shape index (κ2) is 13.8. The molecule has 11 heteroatoms. The van der Waals surface area contributed by atoms with E-state index in [4.69, 9.17) is 23.4 Å². The van der Waals surface area contributed by atoms with E-state index in [1.165, 1.54) is 0 Å². The van der Waals surface area contributed by atoms with Crippen LogP contribution in [-0.4, -0.2) is 89.2 Å². The summed E-state index contributed by atoms with van der Waals surface area (Å²) in [5.41, 5.74) is -4.21. The van der Waals surface area contributed by atoms with E-state index < -0.39 is 85.0 Å². The molecule has 0 radical (unpaired) electrons. The van der Waals surface area contributed by atoms with Crippen LogP contribution in [0.1, 0.15) is 82.5 Å². The maximum atomic E-state index is 13.9. The Hall–Kier alpha value is -3.16. The van der Waals surface area contributed by atoms with Crippen molar-refractivity contribution in [1.82, 2.24) is 0 Å². The number of rotatable bonds is 8. The number of benzene rings is 2. The fourth-order valence-corrected chi connectivity index (χ4v) is 10.7. The zero-order chi connectivity index (χ0) is 39.8. The lowest BCUT2D eigenvalue weighted by Crippen LogP contribution is -2.75. The molecule has 1 heterocycles. The van der Waals surface area contributed by atoms with Gasteiger partial charge in [0, 0.05) is 17.8 Å². The Balaban J connectivity index is 1.59. The van der Waals surface area contributed by atoms with Crippen LogP contribution in [0.25, 0.3) is 0 Å². The zero-order valence-corrected chi connectivity index (χ0v) is 34.3. The Morgan fingerprint density at radius 1 is 0.944 bits per heavy atom. The molecule has 3 aliphatic carbocycles. The summed E-state index contributed by atoms with van der Waals surface area (Å²) in [4.78, 5) is 27.4. The predicted octanol–water partition coefficient (Wildman–Crippen LogP) is 6.61. The highest BCUT2D eigenvalue weighted by molar-refractivity contribution is 6.74. The van der Waals surface area contributed by atoms with Gasteiger partial charge in [0.2, 0.25) is 0 Å². The molecule has 2 saturated carbocycles. The van der Waals surface area contributed by atoms with Gasteiger partial charge >= 0.3 is 11.9 Å². The first-order chi connectivity index (χ1) is 25.0. The van der Waals surface area contributed by atoms with Gasteiger partial charge in [-0.25, -0.2) is 9.59 Å². The van der Waals surface area contributed by atoms with Crippen LogP contribution in [0.5, 0.6) is 0 Å². The third kappa shape index (κ3) is 6.33. The first-order valence-electron chi connectivity index (χ1n) is 19.1. The van der Waals surface area contributed by atoms with E-state index in [0.717, 1.165) is 0 Å². The lowest BCUT2D eigenvalue weighted by atomic mass is 9.53. The van der Waals surface area contributed by atoms with E-state index in [2.05, 4.69) is 47.4 Å². The average Bonchev–Trinajstić information content (AvgIpc) is 3.53. The first-order valence-corrected chi connectivity index (χ1v) is 22.0. The number of aliphatic hydroxyl groups is 3. The van der Waals surface area contributed by atoms with Gasteiger partial charge in [0.1, 0.15) is 30.0 Å². The number of esters is 2. The highest BCUT2D eigenvalue weighted by Gasteiger charge is 2.78. The third-order valence-electron chi connectivity index (χ3n) is 13.1. The number of hydrogen-bond acceptors (Lipinski definition) is 10. The molecule has 2 aromatic carbocycles. The summed E-state index contributed by atoms with van der Waals surface area (Å²) in [5.74, 6) is -5.58. The van der Waals surface area contributed by atoms with E-state index in [9.17, 15) is 24.9 Å². The van der Waals surface area contributed by atoms with Gasteiger partial charge in [-0.1, -0.05) is 83.7 Å². The van der Waals surface area contributed by atoms with Crippen LogP contribution < -0.4 is 0 Å². The summed E-state index contributed by atoms with van der Waals surface area (Å²) in [6.07, 6.45) is -2.52. The van der Waals surface area contributed by atoms with Crippen molar-refractivity contribution < 1.29 is 48.3 Å². The molecule has 0 amide bonds. The molecule has 0 bridgehead atoms. The second-order valence-electron chi connectivity index (χ2n) is 18.0. The topological polar surface area (TPSA) is 141 Å². The van der Waals surface area contributed by atoms with Crippen LogP contribution >= 0.6 is 0 Å². The highest BCUT2D eigenvalue weighted by atomic mass is 28.4. The number of aliphatic hydroxyl groups excluding tert-OH is 1. The average molecular weight is 763 g/mol. The Kier molecular flexibility index (Phi) is 10.3. The Bertz CT molecular complexity index is 1790. The molecule has 3 fully saturated rings. The number of hydrogen-bond donors (Lipinski definition) is 3. The minimum Gasteiger partial charge on any atom is -0.457 e. The van der Waals surface area contributed by atoms with Gasteiger partial charge in [-0.05, 0) is 86.7 Å². The molecule has 294 valence electrons. The summed E-state index contributed by atoms with van der Waals surface area (Å²) in [5, 5.41) is 38.3. The van der Waals surface area contributed by atoms with E-state index in [1.54, 1.807) is 74.5 Å². The van der Waals surface area contributed by atoms with Gasteiger partial charge in [-0.2, -0.15) is 0 Å². The molecular formula is C43H58O10Si. The minimum absolute atomic E-state index is 0.159. The molecule has 3 N–H and O–H groups in total. The van der Waals surface area contributed by atoms with Gasteiger partial charge < -0.3 is 38.7 Å². The van der Waals surface area contributed by atoms with Crippen LogP contribution in [0.2, 0.25) is 18.1 Å². The van der Waals surface area contributed by atoms with E-state index in [1.807, 2.05) is 19.9 Å². The molecule has 10 nitrogen and oxygen atoms in total. The summed E-state index contributed by atoms with van der Waals surface area (Å²) in [6.45, 7) is 23.6. The van der Waals surface area contributed by atoms with Crippen molar-refractivity contribution in [3.63, 3.8) is 0 Å². The van der Waals surface area contributed by atoms with Crippen molar-refractivity contribution in [3.8, 4) is 0 Å². The smallest absolute Gasteiger partial charge is 0.338 e. The molecule has 54 heavy (non-hydrogen) atoms. The normalized spacial score (nSPS) is 37.2. The van der Waals surface area contributed by atoms with Gasteiger partial charge in [0.05, 0.1) is 28.9 Å². The maximum absolute atomic E-state index is 13.9. The summed E-state index contributed by atoms with van der Waals surface area (Å²) in [6, 6.07) is 17.0. The minimum atomic E-state index is -2.52. The largest absolute Gasteiger partial charge is 0.457 e. The van der Waals surface area contributed by atoms with Crippen LogP contribution in [0, 0.1) is 23.7 Å². The standard InChI is InChI=1S/C43H58O10Si/c1-25(2)41(47)33(44)27(4)42(48)31(36(41)50-38(46)29-20-16-13-17-21-29)23-30(24-49-37(45)28-18-14-12-15-19-28)35-43(53-40(8,9)51-35)32(42)22-26(3)34(43)52-54(10,11)39(5,6)7/h12-21,23,26-27,31-36,44,47-48H,1,22,24H2,2-11H3/t26-,27+,31-,32-,33+,34-,35+,36+,41-,42+,43+/m0/s1. The lowest BCUT2D eigenvalue weighted by molar-refractivity contribution is -0.281. The van der Waals surface area contributed by atoms with Crippen molar-refractivity contribution in [3.05, 3.63) is 95.6 Å². The number of carbonyl (C=O) groups excluding carboxylic acids is 2. The van der Waals surface area contributed by atoms with Crippen molar-refractivity contribution >= 4 is 20.3 Å². The Labute approximate surface area is 320 Å². The highest BCUT2D eigenvalue weighted by Crippen LogP contribution is 2.66. The van der Waals surface area contributed by atoms with Crippen molar-refractivity contribution in [1.29, 1.82) is 0 Å². The molecule has 6 rings (SSSR count). The predicted molar refractivity (Wildman–Crippen MR) is 206 cm³/mol. The van der Waals surface area contributed by atoms with Crippen molar-refractivity contribution in [2.45, 2.75) is 127 Å². The summed E-state index contributed by atoms with van der Waals surface area (Å²) in [7, 11) is -2.52.